The molecule has 0 atom stereocenters. The number of hydrogen-bond acceptors (Lipinski definition) is 3. The Morgan fingerprint density at radius 2 is 2.12 bits per heavy atom. The van der Waals surface area contributed by atoms with Gasteiger partial charge in [-0.2, -0.15) is 0 Å². The molecule has 1 heterocycles. The van der Waals surface area contributed by atoms with Gasteiger partial charge in [-0.25, -0.2) is 4.98 Å². The van der Waals surface area contributed by atoms with Gasteiger partial charge in [-0.1, -0.05) is 29.8 Å². The van der Waals surface area contributed by atoms with E-state index >= 15 is 0 Å². The molecule has 2 rings (SSSR count). The first kappa shape index (κ1) is 11.6. The highest BCUT2D eigenvalue weighted by Crippen LogP contribution is 2.30. The molecule has 0 unspecified atom stereocenters. The molecule has 2 aromatic rings. The van der Waals surface area contributed by atoms with Crippen LogP contribution in [0.5, 0.6) is 0 Å². The molecule has 0 saturated carbocycles. The maximum Gasteiger partial charge on any atom is 0.125 e. The number of hydrogen-bond donors (Lipinski definition) is 1. The average molecular weight is 254 g/mol. The Morgan fingerprint density at radius 3 is 2.88 bits per heavy atom. The van der Waals surface area contributed by atoms with Crippen molar-refractivity contribution >= 4 is 22.9 Å². The highest BCUT2D eigenvalue weighted by atomic mass is 35.5. The Hall–Kier alpha value is -0.900. The third-order valence-electron chi connectivity index (χ3n) is 2.25. The largest absolute Gasteiger partial charge is 0.396 e. The fourth-order valence-electron chi connectivity index (χ4n) is 1.44. The van der Waals surface area contributed by atoms with Crippen LogP contribution in [-0.4, -0.2) is 16.7 Å². The van der Waals surface area contributed by atoms with E-state index in [2.05, 4.69) is 4.98 Å². The molecule has 0 aliphatic rings. The minimum atomic E-state index is 0.207. The Labute approximate surface area is 104 Å². The lowest BCUT2D eigenvalue weighted by Gasteiger charge is -1.98. The van der Waals surface area contributed by atoms with Crippen molar-refractivity contribution in [3.05, 3.63) is 40.4 Å². The van der Waals surface area contributed by atoms with Gasteiger partial charge >= 0.3 is 0 Å². The molecule has 0 radical (unpaired) electrons. The van der Waals surface area contributed by atoms with E-state index in [4.69, 9.17) is 16.7 Å². The number of aliphatic hydroxyl groups excluding tert-OH is 1. The summed E-state index contributed by atoms with van der Waals surface area (Å²) in [6.45, 7) is 0.207. The van der Waals surface area contributed by atoms with Crippen molar-refractivity contribution in [3.8, 4) is 10.6 Å². The summed E-state index contributed by atoms with van der Waals surface area (Å²) in [5, 5.41) is 12.4. The van der Waals surface area contributed by atoms with Crippen molar-refractivity contribution in [1.82, 2.24) is 4.98 Å². The Bertz CT molecular complexity index is 470. The highest BCUT2D eigenvalue weighted by Gasteiger charge is 2.07. The molecule has 1 aromatic heterocycles. The number of halogens is 1. The van der Waals surface area contributed by atoms with Crippen molar-refractivity contribution in [2.24, 2.45) is 0 Å². The SMILES string of the molecule is OCCCc1csc(-c2ccccc2Cl)n1. The number of benzene rings is 1. The monoisotopic (exact) mass is 253 g/mol. The number of rotatable bonds is 4. The molecule has 0 aliphatic carbocycles. The van der Waals surface area contributed by atoms with E-state index in [1.807, 2.05) is 29.6 Å². The first-order valence-electron chi connectivity index (χ1n) is 5.11. The first-order chi connectivity index (χ1) is 7.81. The second-order valence-corrected chi connectivity index (χ2v) is 4.72. The lowest BCUT2D eigenvalue weighted by molar-refractivity contribution is 0.288. The maximum atomic E-state index is 8.75. The van der Waals surface area contributed by atoms with Crippen LogP contribution in [0.25, 0.3) is 10.6 Å². The zero-order valence-electron chi connectivity index (χ0n) is 8.69. The molecule has 1 N–H and O–H groups in total. The van der Waals surface area contributed by atoms with Crippen LogP contribution in [0.2, 0.25) is 5.02 Å². The zero-order chi connectivity index (χ0) is 11.4. The van der Waals surface area contributed by atoms with E-state index in [1.54, 1.807) is 11.3 Å². The van der Waals surface area contributed by atoms with Crippen molar-refractivity contribution in [1.29, 1.82) is 0 Å². The predicted molar refractivity (Wildman–Crippen MR) is 68.0 cm³/mol. The lowest BCUT2D eigenvalue weighted by atomic mass is 10.2. The molecule has 84 valence electrons. The van der Waals surface area contributed by atoms with Gasteiger partial charge in [0, 0.05) is 17.6 Å². The minimum Gasteiger partial charge on any atom is -0.396 e. The van der Waals surface area contributed by atoms with Gasteiger partial charge in [0.25, 0.3) is 0 Å². The molecule has 0 aliphatic heterocycles. The van der Waals surface area contributed by atoms with E-state index in [0.717, 1.165) is 34.1 Å². The number of aromatic nitrogens is 1. The third kappa shape index (κ3) is 2.61. The molecular formula is C12H12ClNOS. The standard InChI is InChI=1S/C12H12ClNOS/c13-11-6-2-1-5-10(11)12-14-9(8-16-12)4-3-7-15/h1-2,5-6,8,15H,3-4,7H2. The molecule has 0 fully saturated rings. The topological polar surface area (TPSA) is 33.1 Å². The van der Waals surface area contributed by atoms with Crippen LogP contribution in [0.1, 0.15) is 12.1 Å². The van der Waals surface area contributed by atoms with Gasteiger partial charge in [0.15, 0.2) is 0 Å². The predicted octanol–water partition coefficient (Wildman–Crippen LogP) is 3.39. The summed E-state index contributed by atoms with van der Waals surface area (Å²) in [6, 6.07) is 7.70. The fourth-order valence-corrected chi connectivity index (χ4v) is 2.61. The second-order valence-electron chi connectivity index (χ2n) is 3.45. The minimum absolute atomic E-state index is 0.207. The fraction of sp³-hybridized carbons (Fsp3) is 0.250. The van der Waals surface area contributed by atoms with Crippen LogP contribution in [0, 0.1) is 0 Å². The van der Waals surface area contributed by atoms with Crippen molar-refractivity contribution < 1.29 is 5.11 Å². The number of aliphatic hydroxyl groups is 1. The molecule has 0 bridgehead atoms. The number of thiazole rings is 1. The van der Waals surface area contributed by atoms with E-state index in [-0.39, 0.29) is 6.61 Å². The van der Waals surface area contributed by atoms with Crippen LogP contribution in [0.3, 0.4) is 0 Å². The molecule has 2 nitrogen and oxygen atoms in total. The lowest BCUT2D eigenvalue weighted by Crippen LogP contribution is -1.89. The zero-order valence-corrected chi connectivity index (χ0v) is 10.3. The number of nitrogens with zero attached hydrogens (tertiary/aromatic N) is 1. The van der Waals surface area contributed by atoms with E-state index in [9.17, 15) is 0 Å². The van der Waals surface area contributed by atoms with Crippen LogP contribution in [0.15, 0.2) is 29.6 Å². The highest BCUT2D eigenvalue weighted by molar-refractivity contribution is 7.13. The summed E-state index contributed by atoms with van der Waals surface area (Å²) in [6.07, 6.45) is 1.57. The quantitative estimate of drug-likeness (QED) is 0.906. The average Bonchev–Trinajstić information content (AvgIpc) is 2.75. The van der Waals surface area contributed by atoms with Crippen LogP contribution in [0.4, 0.5) is 0 Å². The molecule has 0 spiro atoms. The molecule has 4 heteroatoms. The first-order valence-corrected chi connectivity index (χ1v) is 6.37. The molecular weight excluding hydrogens is 242 g/mol. The van der Waals surface area contributed by atoms with Gasteiger partial charge in [0.2, 0.25) is 0 Å². The molecule has 1 aromatic carbocycles. The van der Waals surface area contributed by atoms with Crippen LogP contribution < -0.4 is 0 Å². The Kier molecular flexibility index (Phi) is 3.93. The third-order valence-corrected chi connectivity index (χ3v) is 3.50. The van der Waals surface area contributed by atoms with Crippen molar-refractivity contribution in [2.75, 3.05) is 6.61 Å². The van der Waals surface area contributed by atoms with Crippen molar-refractivity contribution in [2.45, 2.75) is 12.8 Å². The summed E-state index contributed by atoms with van der Waals surface area (Å²) in [5.74, 6) is 0. The molecule has 16 heavy (non-hydrogen) atoms. The van der Waals surface area contributed by atoms with E-state index < -0.39 is 0 Å². The van der Waals surface area contributed by atoms with E-state index in [1.165, 1.54) is 0 Å². The summed E-state index contributed by atoms with van der Waals surface area (Å²) >= 11 is 7.69. The van der Waals surface area contributed by atoms with Crippen LogP contribution in [-0.2, 0) is 6.42 Å². The van der Waals surface area contributed by atoms with Gasteiger partial charge in [-0.3, -0.25) is 0 Å². The van der Waals surface area contributed by atoms with Crippen LogP contribution >= 0.6 is 22.9 Å². The Balaban J connectivity index is 2.22. The maximum absolute atomic E-state index is 8.75. The molecule has 0 saturated heterocycles. The van der Waals surface area contributed by atoms with Gasteiger partial charge < -0.3 is 5.11 Å². The molecule has 0 amide bonds. The summed E-state index contributed by atoms with van der Waals surface area (Å²) in [5.41, 5.74) is 2.00. The smallest absolute Gasteiger partial charge is 0.125 e. The van der Waals surface area contributed by atoms with Gasteiger partial charge in [-0.15, -0.1) is 11.3 Å². The van der Waals surface area contributed by atoms with E-state index in [0.29, 0.717) is 0 Å². The van der Waals surface area contributed by atoms with Crippen molar-refractivity contribution in [3.63, 3.8) is 0 Å². The summed E-state index contributed by atoms with van der Waals surface area (Å²) < 4.78 is 0. The Morgan fingerprint density at radius 1 is 1.31 bits per heavy atom. The van der Waals surface area contributed by atoms with Gasteiger partial charge in [0.05, 0.1) is 10.7 Å². The second kappa shape index (κ2) is 5.43. The van der Waals surface area contributed by atoms with Gasteiger partial charge in [-0.05, 0) is 18.9 Å². The summed E-state index contributed by atoms with van der Waals surface area (Å²) in [4.78, 5) is 4.50. The number of aryl methyl sites for hydroxylation is 1. The summed E-state index contributed by atoms with van der Waals surface area (Å²) in [7, 11) is 0. The normalized spacial score (nSPS) is 10.6. The van der Waals surface area contributed by atoms with Gasteiger partial charge in [0.1, 0.15) is 5.01 Å².